The molecular weight excluding hydrogens is 901 g/mol. The van der Waals surface area contributed by atoms with Crippen LogP contribution in [0.4, 0.5) is 9.59 Å². The fourth-order valence-electron chi connectivity index (χ4n) is 8.86. The van der Waals surface area contributed by atoms with Gasteiger partial charge in [-0.2, -0.15) is 0 Å². The molecule has 0 aromatic heterocycles. The highest BCUT2D eigenvalue weighted by atomic mass is 16.6. The molecule has 2 fully saturated rings. The van der Waals surface area contributed by atoms with Gasteiger partial charge < -0.3 is 35.4 Å². The van der Waals surface area contributed by atoms with Crippen LogP contribution in [0.2, 0.25) is 0 Å². The van der Waals surface area contributed by atoms with Crippen molar-refractivity contribution in [3.63, 3.8) is 0 Å². The molecule has 396 valence electrons. The lowest BCUT2D eigenvalue weighted by Crippen LogP contribution is -2.46. The number of likely N-dealkylation sites (tertiary alicyclic amines) is 2. The van der Waals surface area contributed by atoms with Crippen LogP contribution in [-0.2, 0) is 44.7 Å². The molecule has 11 heteroatoms. The molecule has 4 aromatic rings. The summed E-state index contributed by atoms with van der Waals surface area (Å²) in [7, 11) is 0. The zero-order valence-electron chi connectivity index (χ0n) is 43.9. The third-order valence-electron chi connectivity index (χ3n) is 12.8. The van der Waals surface area contributed by atoms with E-state index in [0.29, 0.717) is 57.9 Å². The summed E-state index contributed by atoms with van der Waals surface area (Å²) in [6.45, 7) is 13.1. The minimum Gasteiger partial charge on any atom is -0.481 e. The number of ether oxygens (including phenoxy) is 2. The van der Waals surface area contributed by atoms with Gasteiger partial charge in [-0.25, -0.2) is 9.59 Å². The molecule has 6 rings (SSSR count). The second-order valence-electron chi connectivity index (χ2n) is 21.3. The molecule has 0 spiro atoms. The predicted molar refractivity (Wildman–Crippen MR) is 293 cm³/mol. The summed E-state index contributed by atoms with van der Waals surface area (Å²) in [6.07, 6.45) is 14.8. The SMILES string of the molecule is C.CC(C)(C)OC(=O)N1CCC(C(=O)NC(CCCc2ccccc2)CCCc2ccccc2)CC1.CC(C)(C)OC(=O)N1CCC(C(=O)O)CC1.NC(CCCc1ccccc1)CCCc1ccccc1. The van der Waals surface area contributed by atoms with Gasteiger partial charge in [-0.3, -0.25) is 9.59 Å². The molecule has 0 aliphatic carbocycles. The lowest BCUT2D eigenvalue weighted by Gasteiger charge is -2.33. The minimum absolute atomic E-state index is 0. The van der Waals surface area contributed by atoms with E-state index >= 15 is 0 Å². The van der Waals surface area contributed by atoms with Crippen molar-refractivity contribution < 1.29 is 33.8 Å². The van der Waals surface area contributed by atoms with Crippen LogP contribution in [0.15, 0.2) is 121 Å². The standard InChI is InChI=1S/C30H42N2O3.C19H25N.C11H19NO4.CH4/c1-30(2,3)35-29(34)32-22-20-26(21-23-32)28(33)31-27(18-10-16-24-12-6-4-7-13-24)19-11-17-25-14-8-5-9-15-25;20-19(15-7-13-17-9-3-1-4-10-17)16-8-14-18-11-5-2-6-12-18;1-11(2,3)16-10(15)12-6-4-8(5-7-12)9(13)14;/h4-9,12-15,26-27H,10-11,16-23H2,1-3H3,(H,31,33);1-6,9-12,19H,7-8,13-16,20H2;8H,4-7H2,1-3H3,(H,13,14);1H4. The summed E-state index contributed by atoms with van der Waals surface area (Å²) in [5, 5.41) is 12.2. The topological polar surface area (TPSA) is 152 Å². The van der Waals surface area contributed by atoms with Crippen LogP contribution in [0.3, 0.4) is 0 Å². The van der Waals surface area contributed by atoms with Crippen LogP contribution in [0.25, 0.3) is 0 Å². The number of nitrogens with zero attached hydrogens (tertiary/aromatic N) is 2. The third kappa shape index (κ3) is 25.6. The first-order chi connectivity index (χ1) is 33.9. The van der Waals surface area contributed by atoms with E-state index < -0.39 is 17.2 Å². The van der Waals surface area contributed by atoms with E-state index in [1.54, 1.807) is 9.80 Å². The number of rotatable bonds is 19. The number of carbonyl (C=O) groups excluding carboxylic acids is 3. The maximum absolute atomic E-state index is 13.1. The van der Waals surface area contributed by atoms with E-state index in [0.717, 1.165) is 64.2 Å². The Morgan fingerprint density at radius 1 is 0.528 bits per heavy atom. The summed E-state index contributed by atoms with van der Waals surface area (Å²) in [5.74, 6) is -1.000. The van der Waals surface area contributed by atoms with Crippen LogP contribution in [0.5, 0.6) is 0 Å². The monoisotopic (exact) mass is 991 g/mol. The van der Waals surface area contributed by atoms with E-state index in [9.17, 15) is 19.2 Å². The molecule has 4 aromatic carbocycles. The second-order valence-corrected chi connectivity index (χ2v) is 21.3. The van der Waals surface area contributed by atoms with Crippen molar-refractivity contribution >= 4 is 24.1 Å². The summed E-state index contributed by atoms with van der Waals surface area (Å²) in [6, 6.07) is 43.0. The smallest absolute Gasteiger partial charge is 0.410 e. The Morgan fingerprint density at radius 3 is 1.11 bits per heavy atom. The molecule has 3 amide bonds. The number of carboxylic acids is 1. The van der Waals surface area contributed by atoms with E-state index in [1.807, 2.05) is 53.7 Å². The van der Waals surface area contributed by atoms with Crippen molar-refractivity contribution in [3.8, 4) is 0 Å². The number of aliphatic carboxylic acids is 1. The molecular formula is C61H90N4O7. The van der Waals surface area contributed by atoms with E-state index in [4.69, 9.17) is 20.3 Å². The van der Waals surface area contributed by atoms with E-state index in [2.05, 4.69) is 115 Å². The number of hydrogen-bond acceptors (Lipinski definition) is 7. The molecule has 72 heavy (non-hydrogen) atoms. The zero-order valence-corrected chi connectivity index (χ0v) is 43.9. The van der Waals surface area contributed by atoms with Crippen molar-refractivity contribution in [3.05, 3.63) is 144 Å². The zero-order chi connectivity index (χ0) is 51.5. The highest BCUT2D eigenvalue weighted by molar-refractivity contribution is 5.79. The number of aryl methyl sites for hydroxylation is 4. The van der Waals surface area contributed by atoms with Gasteiger partial charge in [0.25, 0.3) is 0 Å². The molecule has 0 saturated carbocycles. The number of nitrogens with one attached hydrogen (secondary N) is 1. The summed E-state index contributed by atoms with van der Waals surface area (Å²) >= 11 is 0. The Labute approximate surface area is 433 Å². The highest BCUT2D eigenvalue weighted by Gasteiger charge is 2.31. The first kappa shape index (κ1) is 60.6. The van der Waals surface area contributed by atoms with Crippen LogP contribution >= 0.6 is 0 Å². The molecule has 2 saturated heterocycles. The van der Waals surface area contributed by atoms with E-state index in [1.165, 1.54) is 35.1 Å². The molecule has 4 N–H and O–H groups in total. The fraction of sp³-hybridized carbons (Fsp3) is 0.541. The summed E-state index contributed by atoms with van der Waals surface area (Å²) in [4.78, 5) is 51.1. The molecule has 11 nitrogen and oxygen atoms in total. The van der Waals surface area contributed by atoms with Crippen molar-refractivity contribution in [1.82, 2.24) is 15.1 Å². The Bertz CT molecular complexity index is 2000. The van der Waals surface area contributed by atoms with Gasteiger partial charge in [-0.15, -0.1) is 0 Å². The van der Waals surface area contributed by atoms with Crippen LogP contribution in [0, 0.1) is 11.8 Å². The second kappa shape index (κ2) is 32.4. The molecule has 0 radical (unpaired) electrons. The number of benzene rings is 4. The lowest BCUT2D eigenvalue weighted by molar-refractivity contribution is -0.143. The maximum atomic E-state index is 13.1. The minimum atomic E-state index is -0.774. The average Bonchev–Trinajstić information content (AvgIpc) is 3.34. The molecule has 2 aliphatic heterocycles. The number of hydrogen-bond donors (Lipinski definition) is 3. The Morgan fingerprint density at radius 2 is 0.819 bits per heavy atom. The van der Waals surface area contributed by atoms with E-state index in [-0.39, 0.29) is 43.4 Å². The number of carbonyl (C=O) groups is 4. The number of nitrogens with two attached hydrogens (primary N) is 1. The number of carboxylic acid groups (broad SMARTS) is 1. The van der Waals surface area contributed by atoms with Gasteiger partial charge in [-0.1, -0.05) is 129 Å². The fourth-order valence-corrected chi connectivity index (χ4v) is 8.86. The van der Waals surface area contributed by atoms with Gasteiger partial charge in [0.2, 0.25) is 5.91 Å². The van der Waals surface area contributed by atoms with Gasteiger partial charge in [0.1, 0.15) is 11.2 Å². The van der Waals surface area contributed by atoms with Crippen LogP contribution in [-0.4, -0.2) is 88.4 Å². The molecule has 0 unspecified atom stereocenters. The Balaban J connectivity index is 0.000000313. The van der Waals surface area contributed by atoms with Gasteiger partial charge >= 0.3 is 18.2 Å². The molecule has 2 aliphatic rings. The van der Waals surface area contributed by atoms with Crippen LogP contribution in [0.1, 0.15) is 148 Å². The van der Waals surface area contributed by atoms with Gasteiger partial charge in [0, 0.05) is 44.2 Å². The largest absolute Gasteiger partial charge is 0.481 e. The van der Waals surface area contributed by atoms with Crippen molar-refractivity contribution in [2.24, 2.45) is 17.6 Å². The summed E-state index contributed by atoms with van der Waals surface area (Å²) in [5.41, 5.74) is 10.7. The predicted octanol–water partition coefficient (Wildman–Crippen LogP) is 12.9. The first-order valence-electron chi connectivity index (χ1n) is 26.3. The van der Waals surface area contributed by atoms with Gasteiger partial charge in [0.15, 0.2) is 0 Å². The number of amides is 3. The quantitative estimate of drug-likeness (QED) is 0.0840. The molecule has 0 atom stereocenters. The first-order valence-corrected chi connectivity index (χ1v) is 26.3. The number of piperidine rings is 2. The van der Waals surface area contributed by atoms with Gasteiger partial charge in [0.05, 0.1) is 5.92 Å². The highest BCUT2D eigenvalue weighted by Crippen LogP contribution is 2.23. The summed E-state index contributed by atoms with van der Waals surface area (Å²) < 4.78 is 10.7. The van der Waals surface area contributed by atoms with Gasteiger partial charge in [-0.05, 0) is 167 Å². The molecule has 2 heterocycles. The van der Waals surface area contributed by atoms with Crippen LogP contribution < -0.4 is 11.1 Å². The van der Waals surface area contributed by atoms with Crippen molar-refractivity contribution in [1.29, 1.82) is 0 Å². The van der Waals surface area contributed by atoms with Crippen molar-refractivity contribution in [2.45, 2.75) is 175 Å². The Kier molecular flexibility index (Phi) is 27.3. The lowest BCUT2D eigenvalue weighted by atomic mass is 9.94. The average molecular weight is 991 g/mol. The Hall–Kier alpha value is -5.68. The maximum Gasteiger partial charge on any atom is 0.410 e. The van der Waals surface area contributed by atoms with Crippen molar-refractivity contribution in [2.75, 3.05) is 26.2 Å². The molecule has 0 bridgehead atoms. The normalized spacial score (nSPS) is 14.2. The third-order valence-corrected chi connectivity index (χ3v) is 12.8.